The van der Waals surface area contributed by atoms with E-state index >= 15 is 0 Å². The fourth-order valence-corrected chi connectivity index (χ4v) is 2.99. The van der Waals surface area contributed by atoms with Crippen LogP contribution in [0.25, 0.3) is 16.9 Å². The zero-order chi connectivity index (χ0) is 19.0. The molecule has 6 nitrogen and oxygen atoms in total. The number of anilines is 1. The van der Waals surface area contributed by atoms with Gasteiger partial charge in [0.15, 0.2) is 0 Å². The van der Waals surface area contributed by atoms with Gasteiger partial charge in [-0.1, -0.05) is 18.2 Å². The Morgan fingerprint density at radius 2 is 1.78 bits per heavy atom. The van der Waals surface area contributed by atoms with E-state index in [9.17, 15) is 9.59 Å². The molecule has 0 atom stereocenters. The van der Waals surface area contributed by atoms with E-state index in [0.717, 1.165) is 22.5 Å². The zero-order valence-electron chi connectivity index (χ0n) is 15.0. The number of benzene rings is 1. The Morgan fingerprint density at radius 3 is 2.52 bits per heavy atom. The van der Waals surface area contributed by atoms with E-state index in [0.29, 0.717) is 5.69 Å². The lowest BCUT2D eigenvalue weighted by molar-refractivity contribution is 0.102. The van der Waals surface area contributed by atoms with Gasteiger partial charge in [0, 0.05) is 36.9 Å². The summed E-state index contributed by atoms with van der Waals surface area (Å²) in [4.78, 5) is 29.1. The standard InChI is InChI=1S/C21H18N4O2/c1-14-5-3-12-25-13-18(23-19(14)25)15-7-9-16(10-8-15)22-20(26)17-6-4-11-24(2)21(17)27/h3-13H,1-2H3,(H,22,26). The Bertz CT molecular complexity index is 1200. The fraction of sp³-hybridized carbons (Fsp3) is 0.0952. The Labute approximate surface area is 155 Å². The molecular formula is C21H18N4O2. The summed E-state index contributed by atoms with van der Waals surface area (Å²) in [5.74, 6) is -0.424. The number of nitrogens with one attached hydrogen (secondary N) is 1. The van der Waals surface area contributed by atoms with Crippen LogP contribution < -0.4 is 10.9 Å². The Hall–Kier alpha value is -3.67. The molecular weight excluding hydrogens is 340 g/mol. The molecule has 0 bridgehead atoms. The van der Waals surface area contributed by atoms with Crippen LogP contribution in [0.4, 0.5) is 5.69 Å². The highest BCUT2D eigenvalue weighted by Gasteiger charge is 2.12. The second kappa shape index (κ2) is 6.57. The minimum atomic E-state index is -0.424. The van der Waals surface area contributed by atoms with Gasteiger partial charge in [0.05, 0.1) is 5.69 Å². The summed E-state index contributed by atoms with van der Waals surface area (Å²) in [6.07, 6.45) is 5.56. The maximum Gasteiger partial charge on any atom is 0.263 e. The van der Waals surface area contributed by atoms with Crippen LogP contribution in [0.1, 0.15) is 15.9 Å². The predicted molar refractivity (Wildman–Crippen MR) is 105 cm³/mol. The number of fused-ring (bicyclic) bond motifs is 1. The first kappa shape index (κ1) is 16.8. The fourth-order valence-electron chi connectivity index (χ4n) is 2.99. The van der Waals surface area contributed by atoms with E-state index in [1.165, 1.54) is 10.6 Å². The molecule has 0 spiro atoms. The second-order valence-electron chi connectivity index (χ2n) is 6.42. The van der Waals surface area contributed by atoms with Crippen LogP contribution in [0.2, 0.25) is 0 Å². The SMILES string of the molecule is Cc1cccn2cc(-c3ccc(NC(=O)c4cccn(C)c4=O)cc3)nc12. The molecule has 0 saturated heterocycles. The molecule has 3 aromatic heterocycles. The Morgan fingerprint density at radius 1 is 1.04 bits per heavy atom. The minimum Gasteiger partial charge on any atom is -0.322 e. The van der Waals surface area contributed by atoms with Gasteiger partial charge >= 0.3 is 0 Å². The smallest absolute Gasteiger partial charge is 0.263 e. The summed E-state index contributed by atoms with van der Waals surface area (Å²) in [6.45, 7) is 2.03. The molecule has 4 rings (SSSR count). The number of aromatic nitrogens is 3. The topological polar surface area (TPSA) is 68.4 Å². The first-order valence-corrected chi connectivity index (χ1v) is 8.55. The van der Waals surface area contributed by atoms with Gasteiger partial charge < -0.3 is 14.3 Å². The summed E-state index contributed by atoms with van der Waals surface area (Å²) < 4.78 is 3.37. The Balaban J connectivity index is 1.58. The van der Waals surface area contributed by atoms with Crippen LogP contribution >= 0.6 is 0 Å². The van der Waals surface area contributed by atoms with E-state index in [-0.39, 0.29) is 11.1 Å². The van der Waals surface area contributed by atoms with E-state index in [1.54, 1.807) is 31.4 Å². The number of carbonyl (C=O) groups is 1. The highest BCUT2D eigenvalue weighted by Crippen LogP contribution is 2.22. The Kier molecular flexibility index (Phi) is 4.08. The normalized spacial score (nSPS) is 10.9. The van der Waals surface area contributed by atoms with Gasteiger partial charge in [0.25, 0.3) is 11.5 Å². The summed E-state index contributed by atoms with van der Waals surface area (Å²) in [5, 5.41) is 2.76. The third-order valence-electron chi connectivity index (χ3n) is 4.48. The molecule has 1 amide bonds. The van der Waals surface area contributed by atoms with Gasteiger partial charge in [-0.25, -0.2) is 4.98 Å². The van der Waals surface area contributed by atoms with Crippen LogP contribution in [-0.4, -0.2) is 19.9 Å². The zero-order valence-corrected chi connectivity index (χ0v) is 15.0. The molecule has 0 unspecified atom stereocenters. The monoisotopic (exact) mass is 358 g/mol. The van der Waals surface area contributed by atoms with Crippen molar-refractivity contribution in [3.8, 4) is 11.3 Å². The summed E-state index contributed by atoms with van der Waals surface area (Å²) in [5.41, 5.74) is 4.24. The maximum absolute atomic E-state index is 12.4. The number of imidazole rings is 1. The number of nitrogens with zero attached hydrogens (tertiary/aromatic N) is 3. The number of rotatable bonds is 3. The minimum absolute atomic E-state index is 0.111. The molecule has 0 radical (unpaired) electrons. The lowest BCUT2D eigenvalue weighted by atomic mass is 10.1. The molecule has 0 fully saturated rings. The van der Waals surface area contributed by atoms with Crippen molar-refractivity contribution < 1.29 is 4.79 Å². The van der Waals surface area contributed by atoms with Crippen molar-refractivity contribution in [2.75, 3.05) is 5.32 Å². The maximum atomic E-state index is 12.4. The lowest BCUT2D eigenvalue weighted by Crippen LogP contribution is -2.26. The van der Waals surface area contributed by atoms with Crippen molar-refractivity contribution in [1.29, 1.82) is 0 Å². The largest absolute Gasteiger partial charge is 0.322 e. The molecule has 0 aliphatic carbocycles. The average Bonchev–Trinajstić information content (AvgIpc) is 3.10. The van der Waals surface area contributed by atoms with E-state index in [4.69, 9.17) is 0 Å². The van der Waals surface area contributed by atoms with E-state index in [1.807, 2.05) is 48.0 Å². The summed E-state index contributed by atoms with van der Waals surface area (Å²) in [6, 6.07) is 14.6. The molecule has 27 heavy (non-hydrogen) atoms. The van der Waals surface area contributed by atoms with Crippen molar-refractivity contribution in [2.45, 2.75) is 6.92 Å². The molecule has 0 aliphatic heterocycles. The average molecular weight is 358 g/mol. The van der Waals surface area contributed by atoms with Crippen molar-refractivity contribution in [3.63, 3.8) is 0 Å². The van der Waals surface area contributed by atoms with Gasteiger partial charge in [0.1, 0.15) is 11.2 Å². The summed E-state index contributed by atoms with van der Waals surface area (Å²) >= 11 is 0. The van der Waals surface area contributed by atoms with Crippen LogP contribution in [0, 0.1) is 6.92 Å². The first-order chi connectivity index (χ1) is 13.0. The molecule has 3 heterocycles. The van der Waals surface area contributed by atoms with Gasteiger partial charge in [0.2, 0.25) is 0 Å². The highest BCUT2D eigenvalue weighted by molar-refractivity contribution is 6.04. The molecule has 4 aromatic rings. The number of hydrogen-bond donors (Lipinski definition) is 1. The van der Waals surface area contributed by atoms with Gasteiger partial charge in [-0.05, 0) is 42.8 Å². The number of aryl methyl sites for hydroxylation is 2. The predicted octanol–water partition coefficient (Wildman–Crippen LogP) is 3.26. The molecule has 1 N–H and O–H groups in total. The lowest BCUT2D eigenvalue weighted by Gasteiger charge is -2.06. The third-order valence-corrected chi connectivity index (χ3v) is 4.48. The molecule has 134 valence electrons. The van der Waals surface area contributed by atoms with Crippen molar-refractivity contribution in [2.24, 2.45) is 7.05 Å². The first-order valence-electron chi connectivity index (χ1n) is 8.55. The number of pyridine rings is 2. The van der Waals surface area contributed by atoms with Crippen LogP contribution in [-0.2, 0) is 7.05 Å². The molecule has 6 heteroatoms. The quantitative estimate of drug-likeness (QED) is 0.611. The number of amides is 1. The van der Waals surface area contributed by atoms with E-state index in [2.05, 4.69) is 10.3 Å². The van der Waals surface area contributed by atoms with Crippen molar-refractivity contribution >= 4 is 17.2 Å². The van der Waals surface area contributed by atoms with Crippen LogP contribution in [0.5, 0.6) is 0 Å². The van der Waals surface area contributed by atoms with Gasteiger partial charge in [-0.2, -0.15) is 0 Å². The van der Waals surface area contributed by atoms with Crippen LogP contribution in [0.3, 0.4) is 0 Å². The highest BCUT2D eigenvalue weighted by atomic mass is 16.2. The van der Waals surface area contributed by atoms with Gasteiger partial charge in [-0.3, -0.25) is 9.59 Å². The number of carbonyl (C=O) groups excluding carboxylic acids is 1. The molecule has 0 saturated carbocycles. The second-order valence-corrected chi connectivity index (χ2v) is 6.42. The molecule has 1 aromatic carbocycles. The van der Waals surface area contributed by atoms with Gasteiger partial charge in [-0.15, -0.1) is 0 Å². The van der Waals surface area contributed by atoms with Crippen molar-refractivity contribution in [1.82, 2.24) is 14.0 Å². The van der Waals surface area contributed by atoms with Crippen molar-refractivity contribution in [3.05, 3.63) is 88.6 Å². The summed E-state index contributed by atoms with van der Waals surface area (Å²) in [7, 11) is 1.62. The van der Waals surface area contributed by atoms with E-state index < -0.39 is 5.91 Å². The molecule has 0 aliphatic rings. The number of hydrogen-bond acceptors (Lipinski definition) is 3. The van der Waals surface area contributed by atoms with Crippen LogP contribution in [0.15, 0.2) is 71.9 Å². The third kappa shape index (κ3) is 3.13.